The van der Waals surface area contributed by atoms with Crippen LogP contribution < -0.4 is 15.0 Å². The topological polar surface area (TPSA) is 68.6 Å². The molecule has 0 atom stereocenters. The molecule has 0 spiro atoms. The molecular formula is C17H17N3O3. The van der Waals surface area contributed by atoms with Crippen molar-refractivity contribution in [2.24, 2.45) is 0 Å². The zero-order valence-corrected chi connectivity index (χ0v) is 13.0. The summed E-state index contributed by atoms with van der Waals surface area (Å²) < 4.78 is 12.1. The van der Waals surface area contributed by atoms with Crippen LogP contribution >= 0.6 is 0 Å². The quantitative estimate of drug-likeness (QED) is 0.805. The number of aromatic nitrogens is 3. The second kappa shape index (κ2) is 5.15. The summed E-state index contributed by atoms with van der Waals surface area (Å²) >= 11 is 0. The van der Waals surface area contributed by atoms with Crippen molar-refractivity contribution in [2.75, 3.05) is 14.2 Å². The first kappa shape index (κ1) is 13.9. The minimum absolute atomic E-state index is 0.00334. The number of hydrogen-bond acceptors (Lipinski definition) is 4. The zero-order chi connectivity index (χ0) is 16.0. The maximum Gasteiger partial charge on any atom is 0.276 e. The summed E-state index contributed by atoms with van der Waals surface area (Å²) in [7, 11) is 3.22. The van der Waals surface area contributed by atoms with Gasteiger partial charge in [0, 0.05) is 23.3 Å². The smallest absolute Gasteiger partial charge is 0.276 e. The fourth-order valence-electron chi connectivity index (χ4n) is 3.11. The number of aryl methyl sites for hydroxylation is 1. The zero-order valence-electron chi connectivity index (χ0n) is 13.0. The number of hydrogen-bond donors (Lipinski definition) is 1. The summed E-state index contributed by atoms with van der Waals surface area (Å²) in [5, 5.41) is 3.14. The highest BCUT2D eigenvalue weighted by Crippen LogP contribution is 2.29. The number of rotatable bonds is 3. The van der Waals surface area contributed by atoms with E-state index < -0.39 is 0 Å². The molecule has 0 amide bonds. The normalized spacial score (nSPS) is 13.3. The fourth-order valence-corrected chi connectivity index (χ4v) is 3.11. The van der Waals surface area contributed by atoms with Gasteiger partial charge in [-0.2, -0.15) is 0 Å². The molecule has 2 aromatic heterocycles. The monoisotopic (exact) mass is 311 g/mol. The van der Waals surface area contributed by atoms with E-state index in [1.54, 1.807) is 14.2 Å². The summed E-state index contributed by atoms with van der Waals surface area (Å²) in [4.78, 5) is 17.2. The second-order valence-corrected chi connectivity index (χ2v) is 5.66. The van der Waals surface area contributed by atoms with E-state index in [0.717, 1.165) is 41.8 Å². The first-order valence-corrected chi connectivity index (χ1v) is 7.56. The fraction of sp³-hybridized carbons (Fsp3) is 0.294. The van der Waals surface area contributed by atoms with Crippen LogP contribution in [0, 0.1) is 0 Å². The average molecular weight is 311 g/mol. The minimum atomic E-state index is 0.00334. The van der Waals surface area contributed by atoms with Gasteiger partial charge in [-0.3, -0.25) is 9.89 Å². The Morgan fingerprint density at radius 1 is 1.09 bits per heavy atom. The molecular weight excluding hydrogens is 294 g/mol. The molecule has 1 N–H and O–H groups in total. The minimum Gasteiger partial charge on any atom is -0.497 e. The molecule has 0 saturated heterocycles. The van der Waals surface area contributed by atoms with Crippen LogP contribution in [0.1, 0.15) is 17.7 Å². The Morgan fingerprint density at radius 3 is 2.52 bits per heavy atom. The van der Waals surface area contributed by atoms with E-state index in [1.165, 1.54) is 4.52 Å². The van der Waals surface area contributed by atoms with Crippen LogP contribution in [0.4, 0.5) is 0 Å². The third kappa shape index (κ3) is 2.18. The summed E-state index contributed by atoms with van der Waals surface area (Å²) in [6.45, 7) is 0. The van der Waals surface area contributed by atoms with E-state index in [9.17, 15) is 4.79 Å². The van der Waals surface area contributed by atoms with Gasteiger partial charge in [-0.05, 0) is 31.4 Å². The van der Waals surface area contributed by atoms with Crippen molar-refractivity contribution in [2.45, 2.75) is 19.3 Å². The maximum atomic E-state index is 12.6. The van der Waals surface area contributed by atoms with Crippen molar-refractivity contribution in [1.82, 2.24) is 14.6 Å². The molecule has 1 aliphatic carbocycles. The Kier molecular flexibility index (Phi) is 3.11. The van der Waals surface area contributed by atoms with Gasteiger partial charge in [0.15, 0.2) is 5.65 Å². The van der Waals surface area contributed by atoms with Crippen LogP contribution in [0.25, 0.3) is 16.9 Å². The molecule has 0 unspecified atom stereocenters. The van der Waals surface area contributed by atoms with Crippen LogP contribution in [0.2, 0.25) is 0 Å². The summed E-state index contributed by atoms with van der Waals surface area (Å²) in [6, 6.07) is 7.48. The molecule has 23 heavy (non-hydrogen) atoms. The SMILES string of the molecule is COc1cc(OC)cc(-c2cc3nc4c(c(=O)n3[nH]2)CCC4)c1. The molecule has 6 heteroatoms. The number of nitrogens with one attached hydrogen (secondary N) is 1. The van der Waals surface area contributed by atoms with Gasteiger partial charge in [-0.25, -0.2) is 9.50 Å². The highest BCUT2D eigenvalue weighted by atomic mass is 16.5. The van der Waals surface area contributed by atoms with Crippen LogP contribution in [0.3, 0.4) is 0 Å². The van der Waals surface area contributed by atoms with E-state index >= 15 is 0 Å². The number of ether oxygens (including phenoxy) is 2. The number of aromatic amines is 1. The average Bonchev–Trinajstić information content (AvgIpc) is 3.21. The molecule has 118 valence electrons. The third-order valence-corrected chi connectivity index (χ3v) is 4.30. The molecule has 0 saturated carbocycles. The maximum absolute atomic E-state index is 12.6. The summed E-state index contributed by atoms with van der Waals surface area (Å²) in [6.07, 6.45) is 2.70. The summed E-state index contributed by atoms with van der Waals surface area (Å²) in [5.41, 5.74) is 4.10. The molecule has 0 radical (unpaired) electrons. The van der Waals surface area contributed by atoms with Gasteiger partial charge in [-0.15, -0.1) is 0 Å². The standard InChI is InChI=1S/C17H17N3O3/c1-22-11-6-10(7-12(8-11)23-2)15-9-16-18-14-5-3-4-13(14)17(21)20(16)19-15/h6-9,19H,3-5H2,1-2H3. The van der Waals surface area contributed by atoms with Gasteiger partial charge in [0.05, 0.1) is 25.6 Å². The van der Waals surface area contributed by atoms with Crippen LogP contribution in [0.5, 0.6) is 11.5 Å². The molecule has 0 bridgehead atoms. The van der Waals surface area contributed by atoms with E-state index in [0.29, 0.717) is 17.1 Å². The lowest BCUT2D eigenvalue weighted by Gasteiger charge is -2.07. The number of benzene rings is 1. The molecule has 3 aromatic rings. The van der Waals surface area contributed by atoms with Crippen LogP contribution in [0.15, 0.2) is 29.1 Å². The van der Waals surface area contributed by atoms with Crippen molar-refractivity contribution in [3.63, 3.8) is 0 Å². The number of nitrogens with zero attached hydrogens (tertiary/aromatic N) is 2. The second-order valence-electron chi connectivity index (χ2n) is 5.66. The van der Waals surface area contributed by atoms with Gasteiger partial charge >= 0.3 is 0 Å². The van der Waals surface area contributed by atoms with Gasteiger partial charge in [-0.1, -0.05) is 0 Å². The van der Waals surface area contributed by atoms with Crippen molar-refractivity contribution >= 4 is 5.65 Å². The molecule has 1 aliphatic rings. The first-order chi connectivity index (χ1) is 11.2. The lowest BCUT2D eigenvalue weighted by molar-refractivity contribution is 0.394. The number of methoxy groups -OCH3 is 2. The van der Waals surface area contributed by atoms with Crippen molar-refractivity contribution in [1.29, 1.82) is 0 Å². The predicted octanol–water partition coefficient (Wildman–Crippen LogP) is 2.20. The van der Waals surface area contributed by atoms with Crippen molar-refractivity contribution < 1.29 is 9.47 Å². The summed E-state index contributed by atoms with van der Waals surface area (Å²) in [5.74, 6) is 1.39. The van der Waals surface area contributed by atoms with Gasteiger partial charge in [0.25, 0.3) is 5.56 Å². The number of H-pyrrole nitrogens is 1. The highest BCUT2D eigenvalue weighted by Gasteiger charge is 2.19. The predicted molar refractivity (Wildman–Crippen MR) is 86.4 cm³/mol. The van der Waals surface area contributed by atoms with Gasteiger partial charge in [0.1, 0.15) is 11.5 Å². The molecule has 0 aliphatic heterocycles. The van der Waals surface area contributed by atoms with Crippen molar-refractivity contribution in [3.8, 4) is 22.8 Å². The number of fused-ring (bicyclic) bond motifs is 2. The van der Waals surface area contributed by atoms with Crippen molar-refractivity contribution in [3.05, 3.63) is 45.9 Å². The Hall–Kier alpha value is -2.76. The Morgan fingerprint density at radius 2 is 1.83 bits per heavy atom. The first-order valence-electron chi connectivity index (χ1n) is 7.56. The van der Waals surface area contributed by atoms with Gasteiger partial charge in [0.2, 0.25) is 0 Å². The van der Waals surface area contributed by atoms with E-state index in [-0.39, 0.29) is 5.56 Å². The Labute approximate surface area is 132 Å². The molecule has 2 heterocycles. The van der Waals surface area contributed by atoms with Gasteiger partial charge < -0.3 is 9.47 Å². The highest BCUT2D eigenvalue weighted by molar-refractivity contribution is 5.67. The van der Waals surface area contributed by atoms with Crippen LogP contribution in [-0.4, -0.2) is 28.8 Å². The van der Waals surface area contributed by atoms with Crippen LogP contribution in [-0.2, 0) is 12.8 Å². The molecule has 0 fully saturated rings. The molecule has 1 aromatic carbocycles. The van der Waals surface area contributed by atoms with E-state index in [2.05, 4.69) is 10.1 Å². The Bertz CT molecular complexity index is 933. The lowest BCUT2D eigenvalue weighted by Crippen LogP contribution is -2.19. The Balaban J connectivity index is 1.90. The molecule has 6 nitrogen and oxygen atoms in total. The van der Waals surface area contributed by atoms with E-state index in [1.807, 2.05) is 24.3 Å². The third-order valence-electron chi connectivity index (χ3n) is 4.30. The molecule has 4 rings (SSSR count). The lowest BCUT2D eigenvalue weighted by atomic mass is 10.1. The largest absolute Gasteiger partial charge is 0.497 e. The van der Waals surface area contributed by atoms with E-state index in [4.69, 9.17) is 9.47 Å².